The molecule has 0 aromatic carbocycles. The summed E-state index contributed by atoms with van der Waals surface area (Å²) in [6.45, 7) is 12.3. The van der Waals surface area contributed by atoms with Crippen LogP contribution in [0.5, 0.6) is 0 Å². The molecular weight excluding hydrogens is 188 g/mol. The maximum atomic E-state index is 8.93. The smallest absolute Gasteiger partial charge is 0.0674 e. The van der Waals surface area contributed by atoms with Crippen LogP contribution in [0, 0.1) is 6.92 Å². The van der Waals surface area contributed by atoms with E-state index in [0.29, 0.717) is 6.54 Å². The highest BCUT2D eigenvalue weighted by molar-refractivity contribution is 5.74. The summed E-state index contributed by atoms with van der Waals surface area (Å²) in [5, 5.41) is 13.3. The molecule has 3 nitrogen and oxygen atoms in total. The average molecular weight is 206 g/mol. The van der Waals surface area contributed by atoms with Crippen molar-refractivity contribution in [2.75, 3.05) is 6.61 Å². The van der Waals surface area contributed by atoms with E-state index in [9.17, 15) is 0 Å². The lowest BCUT2D eigenvalue weighted by atomic mass is 10.0. The number of aliphatic hydroxyl groups excluding tert-OH is 1. The van der Waals surface area contributed by atoms with Crippen LogP contribution in [0.4, 0.5) is 0 Å². The molecular formula is C12H18N2O. The summed E-state index contributed by atoms with van der Waals surface area (Å²) in [6.07, 6.45) is 2.62. The highest BCUT2D eigenvalue weighted by Crippen LogP contribution is 2.23. The number of nitrogens with zero attached hydrogens (tertiary/aromatic N) is 2. The molecule has 1 rings (SSSR count). The molecule has 15 heavy (non-hydrogen) atoms. The Bertz CT molecular complexity index is 377. The molecule has 0 aliphatic heterocycles. The Labute approximate surface area is 90.7 Å². The Morgan fingerprint density at radius 1 is 1.60 bits per heavy atom. The summed E-state index contributed by atoms with van der Waals surface area (Å²) in [4.78, 5) is 0. The van der Waals surface area contributed by atoms with Crippen molar-refractivity contribution in [3.63, 3.8) is 0 Å². The second-order valence-electron chi connectivity index (χ2n) is 3.44. The molecule has 1 aromatic heterocycles. The van der Waals surface area contributed by atoms with Gasteiger partial charge in [-0.05, 0) is 18.9 Å². The molecule has 0 bridgehead atoms. The molecule has 0 saturated carbocycles. The zero-order valence-electron chi connectivity index (χ0n) is 9.45. The van der Waals surface area contributed by atoms with Crippen LogP contribution in [-0.2, 0) is 13.0 Å². The van der Waals surface area contributed by atoms with Gasteiger partial charge in [-0.25, -0.2) is 0 Å². The third-order valence-corrected chi connectivity index (χ3v) is 2.45. The van der Waals surface area contributed by atoms with E-state index in [1.165, 1.54) is 0 Å². The molecule has 3 heteroatoms. The molecule has 82 valence electrons. The maximum Gasteiger partial charge on any atom is 0.0674 e. The van der Waals surface area contributed by atoms with Gasteiger partial charge in [0.1, 0.15) is 0 Å². The minimum absolute atomic E-state index is 0.105. The molecule has 0 fully saturated rings. The number of aromatic nitrogens is 2. The van der Waals surface area contributed by atoms with Gasteiger partial charge in [0.05, 0.1) is 18.8 Å². The van der Waals surface area contributed by atoms with Gasteiger partial charge in [-0.15, -0.1) is 0 Å². The van der Waals surface area contributed by atoms with Gasteiger partial charge in [-0.2, -0.15) is 5.10 Å². The summed E-state index contributed by atoms with van der Waals surface area (Å²) < 4.78 is 1.85. The van der Waals surface area contributed by atoms with Crippen LogP contribution in [0.15, 0.2) is 19.2 Å². The molecule has 1 aromatic rings. The normalized spacial score (nSPS) is 10.3. The van der Waals surface area contributed by atoms with Crippen molar-refractivity contribution in [3.05, 3.63) is 36.2 Å². The van der Waals surface area contributed by atoms with Crippen LogP contribution in [0.2, 0.25) is 0 Å². The van der Waals surface area contributed by atoms with Gasteiger partial charge in [0.15, 0.2) is 0 Å². The Hall–Kier alpha value is -1.35. The predicted octanol–water partition coefficient (Wildman–Crippen LogP) is 1.95. The number of aryl methyl sites for hydroxylation is 1. The van der Waals surface area contributed by atoms with E-state index in [-0.39, 0.29) is 6.61 Å². The van der Waals surface area contributed by atoms with Gasteiger partial charge >= 0.3 is 0 Å². The SMILES string of the molecule is C=CC(=C)c1c(C)nn(CCO)c1CC. The van der Waals surface area contributed by atoms with Crippen LogP contribution < -0.4 is 0 Å². The molecule has 0 amide bonds. The summed E-state index contributed by atoms with van der Waals surface area (Å²) in [5.41, 5.74) is 4.03. The lowest BCUT2D eigenvalue weighted by Crippen LogP contribution is -2.08. The van der Waals surface area contributed by atoms with E-state index in [4.69, 9.17) is 5.11 Å². The molecule has 1 heterocycles. The van der Waals surface area contributed by atoms with Crippen molar-refractivity contribution in [2.45, 2.75) is 26.8 Å². The Balaban J connectivity index is 3.24. The highest BCUT2D eigenvalue weighted by Gasteiger charge is 2.14. The molecule has 0 aliphatic rings. The first-order valence-electron chi connectivity index (χ1n) is 5.14. The number of aliphatic hydroxyl groups is 1. The molecule has 0 radical (unpaired) electrons. The standard InChI is InChI=1S/C12H18N2O/c1-5-9(3)12-10(4)13-14(7-8-15)11(12)6-2/h5,15H,1,3,6-8H2,2,4H3. The summed E-state index contributed by atoms with van der Waals surface area (Å²) >= 11 is 0. The fourth-order valence-electron chi connectivity index (χ4n) is 1.79. The number of allylic oxidation sites excluding steroid dienone is 2. The number of rotatable bonds is 5. The van der Waals surface area contributed by atoms with Gasteiger partial charge in [0, 0.05) is 11.3 Å². The zero-order chi connectivity index (χ0) is 11.4. The van der Waals surface area contributed by atoms with Crippen LogP contribution in [0.25, 0.3) is 5.57 Å². The third kappa shape index (κ3) is 2.18. The fraction of sp³-hybridized carbons (Fsp3) is 0.417. The number of hydrogen-bond donors (Lipinski definition) is 1. The maximum absolute atomic E-state index is 8.93. The Morgan fingerprint density at radius 2 is 2.27 bits per heavy atom. The Morgan fingerprint density at radius 3 is 2.73 bits per heavy atom. The third-order valence-electron chi connectivity index (χ3n) is 2.45. The van der Waals surface area contributed by atoms with Crippen molar-refractivity contribution in [2.24, 2.45) is 0 Å². The van der Waals surface area contributed by atoms with Crippen LogP contribution in [0.3, 0.4) is 0 Å². The van der Waals surface area contributed by atoms with E-state index in [0.717, 1.165) is 28.9 Å². The van der Waals surface area contributed by atoms with E-state index >= 15 is 0 Å². The minimum atomic E-state index is 0.105. The van der Waals surface area contributed by atoms with E-state index in [1.54, 1.807) is 6.08 Å². The van der Waals surface area contributed by atoms with Gasteiger partial charge in [0.2, 0.25) is 0 Å². The number of hydrogen-bond acceptors (Lipinski definition) is 2. The van der Waals surface area contributed by atoms with Crippen LogP contribution in [0.1, 0.15) is 23.9 Å². The van der Waals surface area contributed by atoms with Crippen molar-refractivity contribution in [1.82, 2.24) is 9.78 Å². The monoisotopic (exact) mass is 206 g/mol. The van der Waals surface area contributed by atoms with Gasteiger partial charge in [0.25, 0.3) is 0 Å². The highest BCUT2D eigenvalue weighted by atomic mass is 16.3. The van der Waals surface area contributed by atoms with Crippen molar-refractivity contribution < 1.29 is 5.11 Å². The van der Waals surface area contributed by atoms with Gasteiger partial charge in [-0.3, -0.25) is 4.68 Å². The topological polar surface area (TPSA) is 38.0 Å². The molecule has 0 saturated heterocycles. The predicted molar refractivity (Wildman–Crippen MR) is 62.7 cm³/mol. The van der Waals surface area contributed by atoms with Crippen LogP contribution >= 0.6 is 0 Å². The lowest BCUT2D eigenvalue weighted by molar-refractivity contribution is 0.267. The van der Waals surface area contributed by atoms with E-state index in [1.807, 2.05) is 11.6 Å². The summed E-state index contributed by atoms with van der Waals surface area (Å²) in [5.74, 6) is 0. The first kappa shape index (κ1) is 11.7. The molecule has 0 unspecified atom stereocenters. The van der Waals surface area contributed by atoms with Gasteiger partial charge in [-0.1, -0.05) is 26.2 Å². The largest absolute Gasteiger partial charge is 0.394 e. The molecule has 0 atom stereocenters. The first-order valence-corrected chi connectivity index (χ1v) is 5.14. The summed E-state index contributed by atoms with van der Waals surface area (Å²) in [6, 6.07) is 0. The molecule has 1 N–H and O–H groups in total. The fourth-order valence-corrected chi connectivity index (χ4v) is 1.79. The zero-order valence-corrected chi connectivity index (χ0v) is 9.45. The average Bonchev–Trinajstić information content (AvgIpc) is 2.54. The van der Waals surface area contributed by atoms with E-state index < -0.39 is 0 Å². The van der Waals surface area contributed by atoms with Crippen molar-refractivity contribution in [3.8, 4) is 0 Å². The minimum Gasteiger partial charge on any atom is -0.394 e. The quantitative estimate of drug-likeness (QED) is 0.748. The van der Waals surface area contributed by atoms with Crippen LogP contribution in [-0.4, -0.2) is 21.5 Å². The van der Waals surface area contributed by atoms with Crippen molar-refractivity contribution in [1.29, 1.82) is 0 Å². The Kier molecular flexibility index (Phi) is 3.86. The lowest BCUT2D eigenvalue weighted by Gasteiger charge is -2.06. The molecule has 0 aliphatic carbocycles. The van der Waals surface area contributed by atoms with Gasteiger partial charge < -0.3 is 5.11 Å². The van der Waals surface area contributed by atoms with Crippen molar-refractivity contribution >= 4 is 5.57 Å². The second kappa shape index (κ2) is 4.94. The second-order valence-corrected chi connectivity index (χ2v) is 3.44. The first-order chi connectivity index (χ1) is 7.15. The summed E-state index contributed by atoms with van der Waals surface area (Å²) in [7, 11) is 0. The van der Waals surface area contributed by atoms with E-state index in [2.05, 4.69) is 25.2 Å². The molecule has 0 spiro atoms.